The highest BCUT2D eigenvalue weighted by molar-refractivity contribution is 5.79. The van der Waals surface area contributed by atoms with E-state index in [1.54, 1.807) is 25.4 Å². The molecule has 0 spiro atoms. The van der Waals surface area contributed by atoms with Gasteiger partial charge in [0.1, 0.15) is 11.6 Å². The summed E-state index contributed by atoms with van der Waals surface area (Å²) in [6, 6.07) is 6.69. The minimum atomic E-state index is -0.248. The van der Waals surface area contributed by atoms with Gasteiger partial charge in [-0.2, -0.15) is 0 Å². The van der Waals surface area contributed by atoms with Gasteiger partial charge < -0.3 is 15.1 Å². The predicted molar refractivity (Wildman–Crippen MR) is 103 cm³/mol. The normalized spacial score (nSPS) is 13.0. The van der Waals surface area contributed by atoms with Crippen molar-refractivity contribution in [3.8, 4) is 0 Å². The van der Waals surface area contributed by atoms with Crippen molar-refractivity contribution in [2.45, 2.75) is 52.0 Å². The lowest BCUT2D eigenvalue weighted by molar-refractivity contribution is 0.379. The molecule has 0 aliphatic heterocycles. The van der Waals surface area contributed by atoms with Crippen molar-refractivity contribution in [2.75, 3.05) is 13.6 Å². The molecule has 0 fully saturated rings. The molecule has 0 saturated heterocycles. The molecule has 0 bridgehead atoms. The van der Waals surface area contributed by atoms with Crippen LogP contribution in [-0.2, 0) is 17.4 Å². The van der Waals surface area contributed by atoms with Crippen molar-refractivity contribution in [3.05, 3.63) is 53.5 Å². The van der Waals surface area contributed by atoms with Crippen molar-refractivity contribution in [1.29, 1.82) is 0 Å². The van der Waals surface area contributed by atoms with Crippen LogP contribution < -0.4 is 10.6 Å². The van der Waals surface area contributed by atoms with Crippen LogP contribution in [0.25, 0.3) is 0 Å². The molecular formula is C20H29FN4O. The Hall–Kier alpha value is -2.37. The van der Waals surface area contributed by atoms with Crippen molar-refractivity contribution < 1.29 is 8.81 Å². The molecule has 0 aliphatic carbocycles. The molecule has 1 heterocycles. The Kier molecular flexibility index (Phi) is 6.05. The molecule has 0 atom stereocenters. The van der Waals surface area contributed by atoms with E-state index >= 15 is 0 Å². The SMILES string of the molecule is CN=C(NCc1ncc(C(C)(C)C)o1)NCC(C)(C)c1cccc(F)c1. The maximum atomic E-state index is 13.5. The van der Waals surface area contributed by atoms with Crippen molar-refractivity contribution in [3.63, 3.8) is 0 Å². The molecular weight excluding hydrogens is 331 g/mol. The number of hydrogen-bond donors (Lipinski definition) is 2. The Morgan fingerprint density at radius 2 is 1.92 bits per heavy atom. The Morgan fingerprint density at radius 3 is 2.50 bits per heavy atom. The van der Waals surface area contributed by atoms with E-state index in [1.807, 2.05) is 6.07 Å². The number of aliphatic imine (C=N–C) groups is 1. The van der Waals surface area contributed by atoms with Gasteiger partial charge in [-0.3, -0.25) is 4.99 Å². The second kappa shape index (κ2) is 7.89. The molecule has 0 unspecified atom stereocenters. The van der Waals surface area contributed by atoms with E-state index < -0.39 is 0 Å². The first-order valence-corrected chi connectivity index (χ1v) is 8.77. The van der Waals surface area contributed by atoms with Crippen LogP contribution in [0.5, 0.6) is 0 Å². The third kappa shape index (κ3) is 5.31. The first-order chi connectivity index (χ1) is 12.1. The third-order valence-corrected chi connectivity index (χ3v) is 4.23. The summed E-state index contributed by atoms with van der Waals surface area (Å²) in [4.78, 5) is 8.53. The van der Waals surface area contributed by atoms with Gasteiger partial charge in [0.25, 0.3) is 0 Å². The van der Waals surface area contributed by atoms with E-state index in [4.69, 9.17) is 4.42 Å². The van der Waals surface area contributed by atoms with Gasteiger partial charge in [-0.05, 0) is 17.7 Å². The van der Waals surface area contributed by atoms with E-state index in [9.17, 15) is 4.39 Å². The smallest absolute Gasteiger partial charge is 0.213 e. The van der Waals surface area contributed by atoms with Gasteiger partial charge in [-0.15, -0.1) is 0 Å². The zero-order chi connectivity index (χ0) is 19.4. The summed E-state index contributed by atoms with van der Waals surface area (Å²) in [5, 5.41) is 6.48. The van der Waals surface area contributed by atoms with E-state index in [-0.39, 0.29) is 16.6 Å². The van der Waals surface area contributed by atoms with Crippen LogP contribution in [-0.4, -0.2) is 24.5 Å². The number of oxazole rings is 1. The summed E-state index contributed by atoms with van der Waals surface area (Å²) < 4.78 is 19.3. The fourth-order valence-electron chi connectivity index (χ4n) is 2.43. The number of guanidine groups is 1. The standard InChI is InChI=1S/C20H29FN4O/c1-19(2,3)16-11-23-17(26-16)12-24-18(22-6)25-13-20(4,5)14-8-7-9-15(21)10-14/h7-11H,12-13H2,1-6H3,(H2,22,24,25). The molecule has 5 nitrogen and oxygen atoms in total. The molecule has 142 valence electrons. The molecule has 2 rings (SSSR count). The van der Waals surface area contributed by atoms with E-state index in [0.717, 1.165) is 11.3 Å². The van der Waals surface area contributed by atoms with E-state index in [1.165, 1.54) is 6.07 Å². The molecule has 0 aliphatic rings. The summed E-state index contributed by atoms with van der Waals surface area (Å²) in [6.07, 6.45) is 1.76. The largest absolute Gasteiger partial charge is 0.443 e. The summed E-state index contributed by atoms with van der Waals surface area (Å²) in [5.41, 5.74) is 0.616. The molecule has 2 aromatic rings. The number of nitrogens with one attached hydrogen (secondary N) is 2. The fraction of sp³-hybridized carbons (Fsp3) is 0.500. The van der Waals surface area contributed by atoms with Gasteiger partial charge in [-0.1, -0.05) is 46.8 Å². The second-order valence-electron chi connectivity index (χ2n) is 8.04. The number of halogens is 1. The van der Waals surface area contributed by atoms with Crippen molar-refractivity contribution in [1.82, 2.24) is 15.6 Å². The molecule has 2 N–H and O–H groups in total. The lowest BCUT2D eigenvalue weighted by Gasteiger charge is -2.26. The quantitative estimate of drug-likeness (QED) is 0.630. The first kappa shape index (κ1) is 19.9. The number of nitrogens with zero attached hydrogens (tertiary/aromatic N) is 2. The van der Waals surface area contributed by atoms with Crippen LogP contribution >= 0.6 is 0 Å². The Morgan fingerprint density at radius 1 is 1.19 bits per heavy atom. The average Bonchev–Trinajstić information content (AvgIpc) is 3.04. The maximum absolute atomic E-state index is 13.5. The minimum Gasteiger partial charge on any atom is -0.443 e. The number of benzene rings is 1. The van der Waals surface area contributed by atoms with E-state index in [2.05, 4.69) is 55.2 Å². The molecule has 0 radical (unpaired) electrons. The van der Waals surface area contributed by atoms with Crippen molar-refractivity contribution in [2.24, 2.45) is 4.99 Å². The molecule has 1 aromatic heterocycles. The molecule has 26 heavy (non-hydrogen) atoms. The molecule has 0 saturated carbocycles. The van der Waals surface area contributed by atoms with Crippen LogP contribution in [0.3, 0.4) is 0 Å². The number of rotatable bonds is 5. The first-order valence-electron chi connectivity index (χ1n) is 8.77. The average molecular weight is 360 g/mol. The topological polar surface area (TPSA) is 62.5 Å². The van der Waals surface area contributed by atoms with Crippen LogP contribution in [0.15, 0.2) is 39.9 Å². The van der Waals surface area contributed by atoms with Crippen molar-refractivity contribution >= 4 is 5.96 Å². The van der Waals surface area contributed by atoms with Gasteiger partial charge in [0.2, 0.25) is 5.89 Å². The van der Waals surface area contributed by atoms with Crippen LogP contribution in [0.2, 0.25) is 0 Å². The van der Waals surface area contributed by atoms with Gasteiger partial charge >= 0.3 is 0 Å². The highest BCUT2D eigenvalue weighted by Gasteiger charge is 2.22. The summed E-state index contributed by atoms with van der Waals surface area (Å²) >= 11 is 0. The maximum Gasteiger partial charge on any atom is 0.213 e. The highest BCUT2D eigenvalue weighted by atomic mass is 19.1. The predicted octanol–water partition coefficient (Wildman–Crippen LogP) is 3.75. The zero-order valence-electron chi connectivity index (χ0n) is 16.5. The summed E-state index contributed by atoms with van der Waals surface area (Å²) in [5.74, 6) is 1.88. The van der Waals surface area contributed by atoms with Crippen LogP contribution in [0.4, 0.5) is 4.39 Å². The highest BCUT2D eigenvalue weighted by Crippen LogP contribution is 2.23. The molecule has 6 heteroatoms. The lowest BCUT2D eigenvalue weighted by atomic mass is 9.84. The van der Waals surface area contributed by atoms with Gasteiger partial charge in [-0.25, -0.2) is 9.37 Å². The number of hydrogen-bond acceptors (Lipinski definition) is 3. The molecule has 0 amide bonds. The zero-order valence-corrected chi connectivity index (χ0v) is 16.5. The van der Waals surface area contributed by atoms with Gasteiger partial charge in [0.15, 0.2) is 5.96 Å². The van der Waals surface area contributed by atoms with Gasteiger partial charge in [0.05, 0.1) is 12.7 Å². The Bertz CT molecular complexity index is 759. The number of aromatic nitrogens is 1. The minimum absolute atomic E-state index is 0.0693. The second-order valence-corrected chi connectivity index (χ2v) is 8.04. The van der Waals surface area contributed by atoms with E-state index in [0.29, 0.717) is 24.9 Å². The molecule has 1 aromatic carbocycles. The summed E-state index contributed by atoms with van der Waals surface area (Å²) in [7, 11) is 1.71. The third-order valence-electron chi connectivity index (χ3n) is 4.23. The summed E-state index contributed by atoms with van der Waals surface area (Å²) in [6.45, 7) is 11.4. The Labute approximate surface area is 155 Å². The van der Waals surface area contributed by atoms with Crippen LogP contribution in [0.1, 0.15) is 51.8 Å². The fourth-order valence-corrected chi connectivity index (χ4v) is 2.43. The van der Waals surface area contributed by atoms with Gasteiger partial charge in [0, 0.05) is 24.4 Å². The monoisotopic (exact) mass is 360 g/mol. The Balaban J connectivity index is 1.92. The van der Waals surface area contributed by atoms with Crippen LogP contribution in [0, 0.1) is 5.82 Å². The lowest BCUT2D eigenvalue weighted by Crippen LogP contribution is -2.43.